The summed E-state index contributed by atoms with van der Waals surface area (Å²) in [5.74, 6) is -1.14. The molecule has 9 heteroatoms. The number of urea groups is 1. The Bertz CT molecular complexity index is 933. The second kappa shape index (κ2) is 8.12. The zero-order chi connectivity index (χ0) is 20.3. The van der Waals surface area contributed by atoms with Crippen LogP contribution in [0, 0.1) is 5.82 Å². The van der Waals surface area contributed by atoms with Crippen molar-refractivity contribution < 1.29 is 22.8 Å². The van der Waals surface area contributed by atoms with E-state index >= 15 is 0 Å². The summed E-state index contributed by atoms with van der Waals surface area (Å²) in [4.78, 5) is 30.2. The van der Waals surface area contributed by atoms with E-state index in [1.807, 2.05) is 5.32 Å². The molecule has 6 nitrogen and oxygen atoms in total. The second-order valence-electron chi connectivity index (χ2n) is 6.02. The van der Waals surface area contributed by atoms with Crippen LogP contribution in [0.15, 0.2) is 53.5 Å². The summed E-state index contributed by atoms with van der Waals surface area (Å²) in [6, 6.07) is 11.7. The first kappa shape index (κ1) is 19.4. The lowest BCUT2D eigenvalue weighted by molar-refractivity contribution is -0.119. The van der Waals surface area contributed by atoms with E-state index in [9.17, 15) is 22.8 Å². The number of nitrogens with one attached hydrogen (secondary N) is 2. The number of anilines is 1. The van der Waals surface area contributed by atoms with Gasteiger partial charge in [-0.1, -0.05) is 30.3 Å². The third kappa shape index (κ3) is 3.98. The van der Waals surface area contributed by atoms with Gasteiger partial charge in [0.15, 0.2) is 0 Å². The number of carbonyl (C=O) groups is 2. The van der Waals surface area contributed by atoms with Gasteiger partial charge in [-0.3, -0.25) is 4.79 Å². The monoisotopic (exact) mass is 390 g/mol. The van der Waals surface area contributed by atoms with Crippen LogP contribution in [-0.4, -0.2) is 43.8 Å². The Morgan fingerprint density at radius 1 is 1.14 bits per heavy atom. The van der Waals surface area contributed by atoms with Gasteiger partial charge in [-0.2, -0.15) is 0 Å². The average molecular weight is 390 g/mol. The first-order valence-electron chi connectivity index (χ1n) is 8.40. The molecular weight excluding hydrogens is 373 g/mol. The number of benzodiazepines with no additional fused rings is 1. The van der Waals surface area contributed by atoms with E-state index in [4.69, 9.17) is 0 Å². The summed E-state index contributed by atoms with van der Waals surface area (Å²) in [5.41, 5.74) is 1.30. The van der Waals surface area contributed by atoms with Crippen molar-refractivity contribution in [2.24, 2.45) is 4.99 Å². The van der Waals surface area contributed by atoms with Crippen molar-refractivity contribution in [1.82, 2.24) is 10.6 Å². The highest BCUT2D eigenvalue weighted by Crippen LogP contribution is 2.27. The largest absolute Gasteiger partial charge is 0.332 e. The van der Waals surface area contributed by atoms with Crippen LogP contribution in [-0.2, 0) is 4.79 Å². The lowest BCUT2D eigenvalue weighted by Crippen LogP contribution is -2.50. The van der Waals surface area contributed by atoms with Crippen LogP contribution in [0.3, 0.4) is 0 Å². The topological polar surface area (TPSA) is 73.8 Å². The molecule has 2 N–H and O–H groups in total. The first-order chi connectivity index (χ1) is 13.4. The van der Waals surface area contributed by atoms with E-state index in [1.165, 1.54) is 30.1 Å². The standard InChI is InChI=1S/C19H17F3N4O2/c1-26-14-9-5-3-7-12(14)16(11-6-2-4-8-13(11)20)24-17(18(26)27)25-19(28)23-10-15(21)22/h2-9,15,17H,10H2,1H3,(H2,23,25,28). The maximum atomic E-state index is 14.4. The van der Waals surface area contributed by atoms with E-state index in [0.717, 1.165) is 0 Å². The molecule has 0 aliphatic carbocycles. The van der Waals surface area contributed by atoms with Crippen molar-refractivity contribution in [2.45, 2.75) is 12.6 Å². The number of likely N-dealkylation sites (N-methyl/N-ethyl adjacent to an activating group) is 1. The van der Waals surface area contributed by atoms with Crippen LogP contribution in [0.25, 0.3) is 0 Å². The van der Waals surface area contributed by atoms with Crippen molar-refractivity contribution in [2.75, 3.05) is 18.5 Å². The lowest BCUT2D eigenvalue weighted by atomic mass is 10.00. The Labute approximate surface area is 159 Å². The molecule has 146 valence electrons. The van der Waals surface area contributed by atoms with E-state index < -0.39 is 36.9 Å². The molecule has 0 fully saturated rings. The third-order valence-electron chi connectivity index (χ3n) is 4.16. The van der Waals surface area contributed by atoms with Gasteiger partial charge < -0.3 is 15.5 Å². The molecule has 0 saturated heterocycles. The molecule has 1 unspecified atom stereocenters. The molecule has 0 radical (unpaired) electrons. The van der Waals surface area contributed by atoms with E-state index in [2.05, 4.69) is 10.3 Å². The molecule has 2 aromatic rings. The first-order valence-corrected chi connectivity index (χ1v) is 8.40. The minimum atomic E-state index is -2.74. The Morgan fingerprint density at radius 3 is 2.46 bits per heavy atom. The van der Waals surface area contributed by atoms with E-state index in [0.29, 0.717) is 11.3 Å². The number of rotatable bonds is 4. The summed E-state index contributed by atoms with van der Waals surface area (Å²) < 4.78 is 39.0. The molecule has 28 heavy (non-hydrogen) atoms. The fourth-order valence-corrected chi connectivity index (χ4v) is 2.83. The molecule has 2 aromatic carbocycles. The highest BCUT2D eigenvalue weighted by molar-refractivity contribution is 6.20. The highest BCUT2D eigenvalue weighted by Gasteiger charge is 2.31. The number of benzene rings is 2. The number of nitrogens with zero attached hydrogens (tertiary/aromatic N) is 2. The molecule has 1 aliphatic heterocycles. The Hall–Kier alpha value is -3.36. The summed E-state index contributed by atoms with van der Waals surface area (Å²) in [5, 5.41) is 4.22. The number of amides is 3. The molecule has 0 bridgehead atoms. The van der Waals surface area contributed by atoms with Crippen molar-refractivity contribution in [3.63, 3.8) is 0 Å². The molecule has 1 aliphatic rings. The Morgan fingerprint density at radius 2 is 1.79 bits per heavy atom. The SMILES string of the molecule is CN1C(=O)C(NC(=O)NCC(F)F)N=C(c2ccccc2F)c2ccccc21. The van der Waals surface area contributed by atoms with E-state index in [-0.39, 0.29) is 11.3 Å². The average Bonchev–Trinajstić information content (AvgIpc) is 2.78. The number of alkyl halides is 2. The summed E-state index contributed by atoms with van der Waals surface area (Å²) in [6.45, 7) is -0.868. The fraction of sp³-hybridized carbons (Fsp3) is 0.211. The van der Waals surface area contributed by atoms with Crippen LogP contribution >= 0.6 is 0 Å². The summed E-state index contributed by atoms with van der Waals surface area (Å²) in [6.07, 6.45) is -4.15. The summed E-state index contributed by atoms with van der Waals surface area (Å²) in [7, 11) is 1.49. The lowest BCUT2D eigenvalue weighted by Gasteiger charge is -2.20. The smallest absolute Gasteiger partial charge is 0.317 e. The van der Waals surface area contributed by atoms with Crippen molar-refractivity contribution in [3.8, 4) is 0 Å². The predicted octanol–water partition coefficient (Wildman–Crippen LogP) is 2.53. The Balaban J connectivity index is 2.04. The van der Waals surface area contributed by atoms with Gasteiger partial charge in [0.05, 0.1) is 17.9 Å². The zero-order valence-corrected chi connectivity index (χ0v) is 14.8. The number of aliphatic imine (C=N–C) groups is 1. The van der Waals surface area contributed by atoms with Gasteiger partial charge in [-0.05, 0) is 18.2 Å². The van der Waals surface area contributed by atoms with Gasteiger partial charge in [0, 0.05) is 18.2 Å². The summed E-state index contributed by atoms with van der Waals surface area (Å²) >= 11 is 0. The molecule has 0 aromatic heterocycles. The third-order valence-corrected chi connectivity index (χ3v) is 4.16. The molecular formula is C19H17F3N4O2. The molecule has 0 spiro atoms. The van der Waals surface area contributed by atoms with Crippen LogP contribution in [0.2, 0.25) is 0 Å². The second-order valence-corrected chi connectivity index (χ2v) is 6.02. The predicted molar refractivity (Wildman–Crippen MR) is 98.2 cm³/mol. The van der Waals surface area contributed by atoms with Crippen molar-refractivity contribution >= 4 is 23.3 Å². The van der Waals surface area contributed by atoms with Gasteiger partial charge in [0.25, 0.3) is 12.3 Å². The Kier molecular flexibility index (Phi) is 5.62. The van der Waals surface area contributed by atoms with Gasteiger partial charge >= 0.3 is 6.03 Å². The number of para-hydroxylation sites is 1. The quantitative estimate of drug-likeness (QED) is 0.842. The maximum Gasteiger partial charge on any atom is 0.317 e. The maximum absolute atomic E-state index is 14.4. The van der Waals surface area contributed by atoms with E-state index in [1.54, 1.807) is 30.3 Å². The van der Waals surface area contributed by atoms with Gasteiger partial charge in [-0.25, -0.2) is 23.0 Å². The molecule has 0 saturated carbocycles. The molecule has 3 amide bonds. The molecule has 1 atom stereocenters. The number of fused-ring (bicyclic) bond motifs is 1. The molecule has 1 heterocycles. The van der Waals surface area contributed by atoms with Crippen LogP contribution in [0.1, 0.15) is 11.1 Å². The number of hydrogen-bond acceptors (Lipinski definition) is 3. The molecule has 3 rings (SSSR count). The number of carbonyl (C=O) groups excluding carboxylic acids is 2. The fourth-order valence-electron chi connectivity index (χ4n) is 2.83. The van der Waals surface area contributed by atoms with Gasteiger partial charge in [-0.15, -0.1) is 0 Å². The minimum Gasteiger partial charge on any atom is -0.332 e. The zero-order valence-electron chi connectivity index (χ0n) is 14.8. The van der Waals surface area contributed by atoms with Crippen LogP contribution in [0.4, 0.5) is 23.7 Å². The number of halogens is 3. The van der Waals surface area contributed by atoms with Crippen LogP contribution in [0.5, 0.6) is 0 Å². The van der Waals surface area contributed by atoms with Crippen molar-refractivity contribution in [1.29, 1.82) is 0 Å². The van der Waals surface area contributed by atoms with Crippen molar-refractivity contribution in [3.05, 3.63) is 65.5 Å². The number of hydrogen-bond donors (Lipinski definition) is 2. The van der Waals surface area contributed by atoms with Gasteiger partial charge in [0.2, 0.25) is 6.17 Å². The highest BCUT2D eigenvalue weighted by atomic mass is 19.3. The minimum absolute atomic E-state index is 0.151. The normalized spacial score (nSPS) is 16.3. The van der Waals surface area contributed by atoms with Crippen LogP contribution < -0.4 is 15.5 Å². The van der Waals surface area contributed by atoms with Gasteiger partial charge in [0.1, 0.15) is 5.82 Å².